The molecule has 40 heavy (non-hydrogen) atoms. The molecule has 0 aliphatic carbocycles. The number of amides is 1. The van der Waals surface area contributed by atoms with E-state index in [1.165, 1.54) is 13.2 Å². The predicted molar refractivity (Wildman–Crippen MR) is 141 cm³/mol. The fourth-order valence-corrected chi connectivity index (χ4v) is 4.34. The molecular formula is C28H31F6N5O. The van der Waals surface area contributed by atoms with E-state index in [1.807, 2.05) is 13.8 Å². The smallest absolute Gasteiger partial charge is 0.354 e. The summed E-state index contributed by atoms with van der Waals surface area (Å²) in [6, 6.07) is 6.58. The van der Waals surface area contributed by atoms with E-state index in [9.17, 15) is 31.1 Å². The van der Waals surface area contributed by atoms with Crippen molar-refractivity contribution in [2.24, 2.45) is 0 Å². The maximum Gasteiger partial charge on any atom is 0.416 e. The molecule has 2 aromatic heterocycles. The van der Waals surface area contributed by atoms with Crippen LogP contribution in [0.15, 0.2) is 48.8 Å². The molecule has 12 heteroatoms. The quantitative estimate of drug-likeness (QED) is 0.372. The molecule has 0 radical (unpaired) electrons. The van der Waals surface area contributed by atoms with E-state index in [0.717, 1.165) is 18.0 Å². The highest BCUT2D eigenvalue weighted by atomic mass is 19.4. The molecule has 1 N–H and O–H groups in total. The van der Waals surface area contributed by atoms with Crippen molar-refractivity contribution in [1.29, 1.82) is 0 Å². The average molecular weight is 568 g/mol. The third-order valence-electron chi connectivity index (χ3n) is 6.27. The molecule has 0 unspecified atom stereocenters. The van der Waals surface area contributed by atoms with Gasteiger partial charge in [0.05, 0.1) is 16.7 Å². The van der Waals surface area contributed by atoms with Crippen LogP contribution in [0.5, 0.6) is 0 Å². The number of carbonyl (C=O) groups excluding carboxylic acids is 1. The fraction of sp³-hybridized carbons (Fsp3) is 0.393. The molecule has 0 bridgehead atoms. The van der Waals surface area contributed by atoms with E-state index >= 15 is 0 Å². The first-order valence-electron chi connectivity index (χ1n) is 12.8. The van der Waals surface area contributed by atoms with Crippen molar-refractivity contribution in [2.45, 2.75) is 39.7 Å². The van der Waals surface area contributed by atoms with Gasteiger partial charge in [0.25, 0.3) is 5.91 Å². The molecule has 3 heterocycles. The van der Waals surface area contributed by atoms with Gasteiger partial charge in [-0.05, 0) is 42.8 Å². The number of hydrogen-bond donors (Lipinski definition) is 1. The summed E-state index contributed by atoms with van der Waals surface area (Å²) < 4.78 is 79.8. The van der Waals surface area contributed by atoms with Gasteiger partial charge >= 0.3 is 12.4 Å². The monoisotopic (exact) mass is 567 g/mol. The summed E-state index contributed by atoms with van der Waals surface area (Å²) in [5.41, 5.74) is -1.17. The van der Waals surface area contributed by atoms with E-state index in [-0.39, 0.29) is 17.2 Å². The minimum atomic E-state index is -4.98. The summed E-state index contributed by atoms with van der Waals surface area (Å²) in [5, 5.41) is 3.25. The van der Waals surface area contributed by atoms with Crippen LogP contribution in [0, 0.1) is 6.92 Å². The van der Waals surface area contributed by atoms with Crippen molar-refractivity contribution in [3.8, 4) is 11.1 Å². The lowest BCUT2D eigenvalue weighted by Gasteiger charge is -2.29. The standard InChI is InChI=1S/C26H25F6N5O.C2H6/c1-16-20(4-3-5-34-16)21-13-23(37-8-6-33-7-9-37)35-14-22(21)24(38)36(2)15-17-10-18(25(27,28)29)12-19(11-17)26(30,31)32;1-2/h3-5,10-14,33H,6-9,15H2,1-2H3;1-2H3. The number of aryl methyl sites for hydroxylation is 1. The number of hydrogen-bond acceptors (Lipinski definition) is 5. The molecule has 1 amide bonds. The highest BCUT2D eigenvalue weighted by molar-refractivity contribution is 6.01. The lowest BCUT2D eigenvalue weighted by atomic mass is 9.99. The van der Waals surface area contributed by atoms with Crippen molar-refractivity contribution >= 4 is 11.7 Å². The van der Waals surface area contributed by atoms with Crippen molar-refractivity contribution in [1.82, 2.24) is 20.2 Å². The van der Waals surface area contributed by atoms with E-state index in [4.69, 9.17) is 0 Å². The first-order chi connectivity index (χ1) is 18.8. The van der Waals surface area contributed by atoms with Crippen LogP contribution in [-0.4, -0.2) is 54.0 Å². The Bertz CT molecular complexity index is 1290. The number of anilines is 1. The first-order valence-corrected chi connectivity index (χ1v) is 12.8. The highest BCUT2D eigenvalue weighted by Gasteiger charge is 2.37. The number of rotatable bonds is 5. The summed E-state index contributed by atoms with van der Waals surface area (Å²) in [4.78, 5) is 25.4. The molecule has 0 saturated carbocycles. The van der Waals surface area contributed by atoms with E-state index in [1.54, 1.807) is 31.3 Å². The Morgan fingerprint density at radius 1 is 0.950 bits per heavy atom. The molecule has 0 atom stereocenters. The van der Waals surface area contributed by atoms with Gasteiger partial charge in [-0.2, -0.15) is 26.3 Å². The van der Waals surface area contributed by atoms with Crippen LogP contribution in [0.4, 0.5) is 32.2 Å². The van der Waals surface area contributed by atoms with Crippen LogP contribution in [0.2, 0.25) is 0 Å². The van der Waals surface area contributed by atoms with Gasteiger partial charge in [-0.15, -0.1) is 0 Å². The largest absolute Gasteiger partial charge is 0.416 e. The van der Waals surface area contributed by atoms with E-state index < -0.39 is 35.9 Å². The summed E-state index contributed by atoms with van der Waals surface area (Å²) in [6.07, 6.45) is -6.96. The van der Waals surface area contributed by atoms with Crippen molar-refractivity contribution in [2.75, 3.05) is 38.1 Å². The van der Waals surface area contributed by atoms with Crippen LogP contribution in [0.3, 0.4) is 0 Å². The van der Waals surface area contributed by atoms with E-state index in [0.29, 0.717) is 47.9 Å². The van der Waals surface area contributed by atoms with Crippen molar-refractivity contribution in [3.05, 3.63) is 76.7 Å². The van der Waals surface area contributed by atoms with Gasteiger partial charge in [0, 0.05) is 69.0 Å². The number of carbonyl (C=O) groups is 1. The lowest BCUT2D eigenvalue weighted by Crippen LogP contribution is -2.44. The Hall–Kier alpha value is -3.67. The molecular weight excluding hydrogens is 536 g/mol. The summed E-state index contributed by atoms with van der Waals surface area (Å²) in [5.74, 6) is 0.0465. The van der Waals surface area contributed by atoms with Crippen LogP contribution in [0.25, 0.3) is 11.1 Å². The Morgan fingerprint density at radius 3 is 2.10 bits per heavy atom. The number of aromatic nitrogens is 2. The summed E-state index contributed by atoms with van der Waals surface area (Å²) >= 11 is 0. The SMILES string of the molecule is CC.Cc1ncccc1-c1cc(N2CCNCC2)ncc1C(=O)N(C)Cc1cc(C(F)(F)F)cc(C(F)(F)F)c1. The Labute approximate surface area is 229 Å². The molecule has 6 nitrogen and oxygen atoms in total. The molecule has 1 fully saturated rings. The van der Waals surface area contributed by atoms with Crippen LogP contribution in [0.1, 0.15) is 46.6 Å². The number of nitrogens with zero attached hydrogens (tertiary/aromatic N) is 4. The molecule has 3 aromatic rings. The Balaban J connectivity index is 0.00000216. The average Bonchev–Trinajstić information content (AvgIpc) is 2.93. The van der Waals surface area contributed by atoms with Crippen LogP contribution < -0.4 is 10.2 Å². The zero-order valence-corrected chi connectivity index (χ0v) is 22.6. The molecule has 1 aromatic carbocycles. The number of benzene rings is 1. The minimum Gasteiger partial charge on any atom is -0.354 e. The second-order valence-electron chi connectivity index (χ2n) is 9.04. The van der Waals surface area contributed by atoms with E-state index in [2.05, 4.69) is 20.2 Å². The van der Waals surface area contributed by atoms with Gasteiger partial charge in [0.2, 0.25) is 0 Å². The predicted octanol–water partition coefficient (Wildman–Crippen LogP) is 6.20. The topological polar surface area (TPSA) is 61.4 Å². The summed E-state index contributed by atoms with van der Waals surface area (Å²) in [7, 11) is 1.32. The zero-order valence-electron chi connectivity index (χ0n) is 22.6. The highest BCUT2D eigenvalue weighted by Crippen LogP contribution is 2.37. The second-order valence-corrected chi connectivity index (χ2v) is 9.04. The number of piperazine rings is 1. The van der Waals surface area contributed by atoms with Crippen LogP contribution >= 0.6 is 0 Å². The van der Waals surface area contributed by atoms with Gasteiger partial charge in [0.1, 0.15) is 5.82 Å². The minimum absolute atomic E-state index is 0.0629. The Morgan fingerprint density at radius 2 is 1.55 bits per heavy atom. The van der Waals surface area contributed by atoms with Gasteiger partial charge in [-0.3, -0.25) is 9.78 Å². The molecule has 216 valence electrons. The third-order valence-corrected chi connectivity index (χ3v) is 6.27. The number of nitrogens with one attached hydrogen (secondary N) is 1. The maximum atomic E-state index is 13.5. The normalized spacial score (nSPS) is 13.9. The zero-order chi connectivity index (χ0) is 29.7. The van der Waals surface area contributed by atoms with Gasteiger partial charge < -0.3 is 15.1 Å². The second kappa shape index (κ2) is 12.7. The van der Waals surface area contributed by atoms with Crippen molar-refractivity contribution < 1.29 is 31.1 Å². The number of halogens is 6. The summed E-state index contributed by atoms with van der Waals surface area (Å²) in [6.45, 7) is 8.26. The third kappa shape index (κ3) is 7.29. The van der Waals surface area contributed by atoms with Gasteiger partial charge in [-0.25, -0.2) is 4.98 Å². The maximum absolute atomic E-state index is 13.5. The lowest BCUT2D eigenvalue weighted by molar-refractivity contribution is -0.143. The molecule has 1 saturated heterocycles. The fourth-order valence-electron chi connectivity index (χ4n) is 4.34. The molecule has 1 aliphatic rings. The molecule has 4 rings (SSSR count). The Kier molecular flexibility index (Phi) is 9.78. The van der Waals surface area contributed by atoms with Gasteiger partial charge in [0.15, 0.2) is 0 Å². The molecule has 0 spiro atoms. The van der Waals surface area contributed by atoms with Crippen LogP contribution in [-0.2, 0) is 18.9 Å². The number of alkyl halides is 6. The van der Waals surface area contributed by atoms with Gasteiger partial charge in [-0.1, -0.05) is 19.9 Å². The number of pyridine rings is 2. The van der Waals surface area contributed by atoms with Crippen molar-refractivity contribution in [3.63, 3.8) is 0 Å². The first kappa shape index (κ1) is 30.9. The molecule has 1 aliphatic heterocycles.